The van der Waals surface area contributed by atoms with Gasteiger partial charge in [-0.3, -0.25) is 14.7 Å². The number of hydrogen-bond acceptors (Lipinski definition) is 3. The zero-order valence-corrected chi connectivity index (χ0v) is 15.4. The summed E-state index contributed by atoms with van der Waals surface area (Å²) in [6.45, 7) is 3.33. The Morgan fingerprint density at radius 3 is 2.81 bits per heavy atom. The van der Waals surface area contributed by atoms with Crippen molar-refractivity contribution >= 4 is 11.7 Å². The van der Waals surface area contributed by atoms with Crippen LogP contribution in [-0.4, -0.2) is 39.9 Å². The summed E-state index contributed by atoms with van der Waals surface area (Å²) < 4.78 is 0. The number of Topliss-reactive ketones (excluding diaryl/α,β-unsaturated/α-hetero) is 1. The summed E-state index contributed by atoms with van der Waals surface area (Å²) in [5.41, 5.74) is 2.74. The maximum absolute atomic E-state index is 12.9. The van der Waals surface area contributed by atoms with Gasteiger partial charge in [0.2, 0.25) is 0 Å². The van der Waals surface area contributed by atoms with Crippen molar-refractivity contribution < 1.29 is 9.59 Å². The molecule has 5 nitrogen and oxygen atoms in total. The summed E-state index contributed by atoms with van der Waals surface area (Å²) in [6, 6.07) is 10.1. The number of ketones is 1. The van der Waals surface area contributed by atoms with Crippen LogP contribution >= 0.6 is 0 Å². The third kappa shape index (κ3) is 4.40. The van der Waals surface area contributed by atoms with Gasteiger partial charge in [-0.05, 0) is 31.2 Å². The predicted molar refractivity (Wildman–Crippen MR) is 101 cm³/mol. The van der Waals surface area contributed by atoms with Crippen LogP contribution in [0.15, 0.2) is 36.5 Å². The molecular formula is C21H27N3O2. The number of nitrogens with zero attached hydrogens (tertiary/aromatic N) is 2. The van der Waals surface area contributed by atoms with Crippen LogP contribution in [0.4, 0.5) is 0 Å². The number of benzene rings is 1. The van der Waals surface area contributed by atoms with E-state index in [2.05, 4.69) is 29.3 Å². The zero-order valence-electron chi connectivity index (χ0n) is 15.4. The number of carbonyl (C=O) groups is 2. The molecule has 1 N–H and O–H groups in total. The number of carbonyl (C=O) groups excluding carboxylic acids is 2. The van der Waals surface area contributed by atoms with Gasteiger partial charge in [0.1, 0.15) is 5.78 Å². The second kappa shape index (κ2) is 8.79. The zero-order chi connectivity index (χ0) is 18.4. The molecule has 1 saturated heterocycles. The van der Waals surface area contributed by atoms with Crippen molar-refractivity contribution in [2.24, 2.45) is 5.92 Å². The van der Waals surface area contributed by atoms with Crippen LogP contribution in [0, 0.1) is 5.92 Å². The number of H-pyrrole nitrogens is 1. The largest absolute Gasteiger partial charge is 0.338 e. The quantitative estimate of drug-likeness (QED) is 0.829. The number of aryl methyl sites for hydroxylation is 2. The van der Waals surface area contributed by atoms with Gasteiger partial charge >= 0.3 is 0 Å². The van der Waals surface area contributed by atoms with Gasteiger partial charge in [-0.1, -0.05) is 43.7 Å². The SMILES string of the molecule is CCCc1[nH]ncc1C(=O)N1CCCC(C(=O)CCc2ccccc2)C1. The highest BCUT2D eigenvalue weighted by Gasteiger charge is 2.29. The van der Waals surface area contributed by atoms with E-state index < -0.39 is 0 Å². The maximum Gasteiger partial charge on any atom is 0.257 e. The Kier molecular flexibility index (Phi) is 6.21. The number of likely N-dealkylation sites (tertiary alicyclic amines) is 1. The van der Waals surface area contributed by atoms with Gasteiger partial charge in [0, 0.05) is 31.1 Å². The average Bonchev–Trinajstić information content (AvgIpc) is 3.15. The third-order valence-corrected chi connectivity index (χ3v) is 5.12. The Morgan fingerprint density at radius 1 is 1.23 bits per heavy atom. The van der Waals surface area contributed by atoms with Gasteiger partial charge < -0.3 is 4.90 Å². The molecule has 5 heteroatoms. The van der Waals surface area contributed by atoms with Gasteiger partial charge in [0.05, 0.1) is 11.8 Å². The summed E-state index contributed by atoms with van der Waals surface area (Å²) >= 11 is 0. The van der Waals surface area contributed by atoms with Crippen LogP contribution in [0.3, 0.4) is 0 Å². The number of aromatic amines is 1. The highest BCUT2D eigenvalue weighted by molar-refractivity contribution is 5.95. The van der Waals surface area contributed by atoms with E-state index in [0.717, 1.165) is 44.3 Å². The van der Waals surface area contributed by atoms with E-state index in [1.165, 1.54) is 5.56 Å². The number of nitrogens with one attached hydrogen (secondary N) is 1. The smallest absolute Gasteiger partial charge is 0.257 e. The van der Waals surface area contributed by atoms with Crippen LogP contribution < -0.4 is 0 Å². The molecule has 26 heavy (non-hydrogen) atoms. The van der Waals surface area contributed by atoms with Crippen molar-refractivity contribution in [1.82, 2.24) is 15.1 Å². The molecule has 0 radical (unpaired) electrons. The van der Waals surface area contributed by atoms with Crippen molar-refractivity contribution in [1.29, 1.82) is 0 Å². The van der Waals surface area contributed by atoms with Gasteiger partial charge in [-0.2, -0.15) is 5.10 Å². The Morgan fingerprint density at radius 2 is 2.04 bits per heavy atom. The highest BCUT2D eigenvalue weighted by Crippen LogP contribution is 2.22. The van der Waals surface area contributed by atoms with Crippen LogP contribution in [0.25, 0.3) is 0 Å². The van der Waals surface area contributed by atoms with Crippen LogP contribution in [0.2, 0.25) is 0 Å². The lowest BCUT2D eigenvalue weighted by Gasteiger charge is -2.32. The standard InChI is InChI=1S/C21H27N3O2/c1-2-7-19-18(14-22-23-19)21(26)24-13-6-10-17(15-24)20(25)12-11-16-8-4-3-5-9-16/h3-5,8-9,14,17H,2,6-7,10-13,15H2,1H3,(H,22,23). The normalized spacial score (nSPS) is 17.3. The van der Waals surface area contributed by atoms with Crippen LogP contribution in [0.5, 0.6) is 0 Å². The topological polar surface area (TPSA) is 66.1 Å². The molecule has 1 aliphatic heterocycles. The maximum atomic E-state index is 12.9. The molecule has 0 spiro atoms. The summed E-state index contributed by atoms with van der Waals surface area (Å²) in [7, 11) is 0. The molecule has 0 aliphatic carbocycles. The van der Waals surface area contributed by atoms with E-state index in [9.17, 15) is 9.59 Å². The van der Waals surface area contributed by atoms with Crippen LogP contribution in [-0.2, 0) is 17.6 Å². The van der Waals surface area contributed by atoms with E-state index in [1.54, 1.807) is 6.20 Å². The minimum absolute atomic E-state index is 0.00255. The lowest BCUT2D eigenvalue weighted by molar-refractivity contribution is -0.124. The molecule has 2 heterocycles. The fourth-order valence-electron chi connectivity index (χ4n) is 3.65. The van der Waals surface area contributed by atoms with Gasteiger partial charge in [0.15, 0.2) is 0 Å². The molecule has 0 saturated carbocycles. The van der Waals surface area contributed by atoms with E-state index in [4.69, 9.17) is 0 Å². The molecule has 1 aromatic heterocycles. The minimum Gasteiger partial charge on any atom is -0.338 e. The highest BCUT2D eigenvalue weighted by atomic mass is 16.2. The minimum atomic E-state index is -0.0436. The monoisotopic (exact) mass is 353 g/mol. The Labute approximate surface area is 154 Å². The predicted octanol–water partition coefficient (Wildman–Crippen LogP) is 3.42. The summed E-state index contributed by atoms with van der Waals surface area (Å²) in [5.74, 6) is 0.230. The second-order valence-corrected chi connectivity index (χ2v) is 7.05. The fraction of sp³-hybridized carbons (Fsp3) is 0.476. The van der Waals surface area contributed by atoms with E-state index >= 15 is 0 Å². The summed E-state index contributed by atoms with van der Waals surface area (Å²) in [4.78, 5) is 27.3. The second-order valence-electron chi connectivity index (χ2n) is 7.05. The number of rotatable bonds is 7. The van der Waals surface area contributed by atoms with Crippen molar-refractivity contribution in [3.8, 4) is 0 Å². The lowest BCUT2D eigenvalue weighted by atomic mass is 9.90. The molecule has 1 amide bonds. The third-order valence-electron chi connectivity index (χ3n) is 5.12. The number of hydrogen-bond donors (Lipinski definition) is 1. The average molecular weight is 353 g/mol. The first-order chi connectivity index (χ1) is 12.7. The van der Waals surface area contributed by atoms with Gasteiger partial charge in [-0.25, -0.2) is 0 Å². The van der Waals surface area contributed by atoms with E-state index in [-0.39, 0.29) is 17.6 Å². The van der Waals surface area contributed by atoms with Crippen LogP contribution in [0.1, 0.15) is 54.2 Å². The molecule has 1 aromatic carbocycles. The molecule has 1 aliphatic rings. The van der Waals surface area contributed by atoms with Crippen molar-refractivity contribution in [2.75, 3.05) is 13.1 Å². The van der Waals surface area contributed by atoms with Crippen molar-refractivity contribution in [2.45, 2.75) is 45.4 Å². The first-order valence-corrected chi connectivity index (χ1v) is 9.57. The first-order valence-electron chi connectivity index (χ1n) is 9.57. The fourth-order valence-corrected chi connectivity index (χ4v) is 3.65. The number of aromatic nitrogens is 2. The molecule has 0 bridgehead atoms. The van der Waals surface area contributed by atoms with Crippen molar-refractivity contribution in [3.05, 3.63) is 53.3 Å². The number of amides is 1. The molecule has 1 atom stereocenters. The van der Waals surface area contributed by atoms with Crippen molar-refractivity contribution in [3.63, 3.8) is 0 Å². The van der Waals surface area contributed by atoms with Gasteiger partial charge in [-0.15, -0.1) is 0 Å². The summed E-state index contributed by atoms with van der Waals surface area (Å²) in [5, 5.41) is 6.97. The molecule has 1 unspecified atom stereocenters. The van der Waals surface area contributed by atoms with Gasteiger partial charge in [0.25, 0.3) is 5.91 Å². The Bertz CT molecular complexity index is 739. The summed E-state index contributed by atoms with van der Waals surface area (Å²) in [6.07, 6.45) is 6.47. The molecule has 2 aromatic rings. The Hall–Kier alpha value is -2.43. The lowest BCUT2D eigenvalue weighted by Crippen LogP contribution is -2.42. The molecule has 138 valence electrons. The van der Waals surface area contributed by atoms with E-state index in [0.29, 0.717) is 18.5 Å². The Balaban J connectivity index is 1.58. The molecule has 1 fully saturated rings. The van der Waals surface area contributed by atoms with E-state index in [1.807, 2.05) is 23.1 Å². The number of piperidine rings is 1. The molecular weight excluding hydrogens is 326 g/mol. The first kappa shape index (κ1) is 18.4. The molecule has 3 rings (SSSR count).